The summed E-state index contributed by atoms with van der Waals surface area (Å²) in [6.07, 6.45) is 2.46. The molecule has 2 saturated heterocycles. The SMILES string of the molecule is O=C(CN1CCCC2CNCC21)Nc1ccccc1Cl. The molecule has 0 aromatic heterocycles. The first-order valence-corrected chi connectivity index (χ1v) is 7.61. The number of carbonyl (C=O) groups is 1. The topological polar surface area (TPSA) is 44.4 Å². The van der Waals surface area contributed by atoms with Gasteiger partial charge in [-0.15, -0.1) is 0 Å². The third kappa shape index (κ3) is 2.97. The van der Waals surface area contributed by atoms with Crippen molar-refractivity contribution in [1.29, 1.82) is 0 Å². The van der Waals surface area contributed by atoms with E-state index in [4.69, 9.17) is 11.6 Å². The van der Waals surface area contributed by atoms with E-state index in [0.29, 0.717) is 29.2 Å². The zero-order valence-corrected chi connectivity index (χ0v) is 12.2. The summed E-state index contributed by atoms with van der Waals surface area (Å²) in [5, 5.41) is 6.92. The minimum absolute atomic E-state index is 0.0191. The van der Waals surface area contributed by atoms with E-state index in [-0.39, 0.29) is 5.91 Å². The van der Waals surface area contributed by atoms with E-state index in [1.54, 1.807) is 6.07 Å². The van der Waals surface area contributed by atoms with Gasteiger partial charge in [0.25, 0.3) is 0 Å². The van der Waals surface area contributed by atoms with Gasteiger partial charge in [-0.05, 0) is 44.0 Å². The van der Waals surface area contributed by atoms with Crippen LogP contribution >= 0.6 is 11.6 Å². The largest absolute Gasteiger partial charge is 0.324 e. The zero-order valence-electron chi connectivity index (χ0n) is 11.4. The van der Waals surface area contributed by atoms with Gasteiger partial charge in [0.1, 0.15) is 0 Å². The quantitative estimate of drug-likeness (QED) is 0.895. The summed E-state index contributed by atoms with van der Waals surface area (Å²) in [5.41, 5.74) is 0.692. The van der Waals surface area contributed by atoms with Crippen molar-refractivity contribution in [3.05, 3.63) is 29.3 Å². The predicted molar refractivity (Wildman–Crippen MR) is 81.0 cm³/mol. The highest BCUT2D eigenvalue weighted by Gasteiger charge is 2.35. The second-order valence-corrected chi connectivity index (χ2v) is 6.03. The van der Waals surface area contributed by atoms with E-state index in [0.717, 1.165) is 19.6 Å². The molecule has 0 radical (unpaired) electrons. The summed E-state index contributed by atoms with van der Waals surface area (Å²) in [7, 11) is 0. The number of benzene rings is 1. The van der Waals surface area contributed by atoms with Crippen molar-refractivity contribution in [2.75, 3.05) is 31.5 Å². The molecule has 2 fully saturated rings. The van der Waals surface area contributed by atoms with Crippen LogP contribution in [0.5, 0.6) is 0 Å². The van der Waals surface area contributed by atoms with E-state index in [1.165, 1.54) is 12.8 Å². The number of hydrogen-bond acceptors (Lipinski definition) is 3. The molecule has 2 N–H and O–H groups in total. The minimum atomic E-state index is 0.0191. The van der Waals surface area contributed by atoms with Gasteiger partial charge < -0.3 is 10.6 Å². The fourth-order valence-corrected chi connectivity index (χ4v) is 3.48. The summed E-state index contributed by atoms with van der Waals surface area (Å²) >= 11 is 6.06. The number of likely N-dealkylation sites (tertiary alicyclic amines) is 1. The lowest BCUT2D eigenvalue weighted by Gasteiger charge is -2.36. The maximum atomic E-state index is 12.2. The molecule has 0 saturated carbocycles. The number of rotatable bonds is 3. The second kappa shape index (κ2) is 6.12. The van der Waals surface area contributed by atoms with Crippen molar-refractivity contribution >= 4 is 23.2 Å². The fraction of sp³-hybridized carbons (Fsp3) is 0.533. The lowest BCUT2D eigenvalue weighted by Crippen LogP contribution is -2.48. The van der Waals surface area contributed by atoms with E-state index in [1.807, 2.05) is 18.2 Å². The van der Waals surface area contributed by atoms with Crippen LogP contribution in [0, 0.1) is 5.92 Å². The zero-order chi connectivity index (χ0) is 13.9. The van der Waals surface area contributed by atoms with Crippen LogP contribution in [0.4, 0.5) is 5.69 Å². The average Bonchev–Trinajstić information content (AvgIpc) is 2.91. The number of amides is 1. The monoisotopic (exact) mass is 293 g/mol. The third-order valence-corrected chi connectivity index (χ3v) is 4.62. The Morgan fingerprint density at radius 1 is 1.40 bits per heavy atom. The van der Waals surface area contributed by atoms with Crippen molar-refractivity contribution in [3.8, 4) is 0 Å². The Bertz CT molecular complexity index is 494. The van der Waals surface area contributed by atoms with Crippen molar-refractivity contribution in [2.45, 2.75) is 18.9 Å². The lowest BCUT2D eigenvalue weighted by molar-refractivity contribution is -0.118. The second-order valence-electron chi connectivity index (χ2n) is 5.63. The molecule has 1 amide bonds. The van der Waals surface area contributed by atoms with Gasteiger partial charge in [0.15, 0.2) is 0 Å². The van der Waals surface area contributed by atoms with Gasteiger partial charge in [-0.1, -0.05) is 23.7 Å². The molecular formula is C15H20ClN3O. The molecule has 1 aromatic carbocycles. The Morgan fingerprint density at radius 2 is 2.25 bits per heavy atom. The molecule has 2 unspecified atom stereocenters. The highest BCUT2D eigenvalue weighted by Crippen LogP contribution is 2.26. The number of piperidine rings is 1. The number of nitrogens with zero attached hydrogens (tertiary/aromatic N) is 1. The van der Waals surface area contributed by atoms with Crippen molar-refractivity contribution < 1.29 is 4.79 Å². The molecule has 108 valence electrons. The highest BCUT2D eigenvalue weighted by molar-refractivity contribution is 6.33. The fourth-order valence-electron chi connectivity index (χ4n) is 3.30. The molecule has 3 rings (SSSR count). The van der Waals surface area contributed by atoms with Crippen LogP contribution in [0.3, 0.4) is 0 Å². The van der Waals surface area contributed by atoms with Gasteiger partial charge in [0, 0.05) is 12.6 Å². The van der Waals surface area contributed by atoms with Crippen LogP contribution in [0.15, 0.2) is 24.3 Å². The lowest BCUT2D eigenvalue weighted by atomic mass is 9.92. The molecule has 0 spiro atoms. The molecule has 1 aromatic rings. The van der Waals surface area contributed by atoms with E-state index >= 15 is 0 Å². The van der Waals surface area contributed by atoms with E-state index < -0.39 is 0 Å². The molecule has 2 atom stereocenters. The number of halogens is 1. The van der Waals surface area contributed by atoms with Gasteiger partial charge in [-0.25, -0.2) is 0 Å². The molecule has 0 bridgehead atoms. The normalized spacial score (nSPS) is 26.2. The Morgan fingerprint density at radius 3 is 3.10 bits per heavy atom. The Labute approximate surface area is 124 Å². The van der Waals surface area contributed by atoms with Gasteiger partial charge in [0.05, 0.1) is 17.3 Å². The van der Waals surface area contributed by atoms with Gasteiger partial charge in [-0.3, -0.25) is 9.69 Å². The van der Waals surface area contributed by atoms with Gasteiger partial charge >= 0.3 is 0 Å². The summed E-state index contributed by atoms with van der Waals surface area (Å²) in [5.74, 6) is 0.725. The smallest absolute Gasteiger partial charge is 0.238 e. The maximum Gasteiger partial charge on any atom is 0.238 e. The Balaban J connectivity index is 1.60. The number of carbonyl (C=O) groups excluding carboxylic acids is 1. The molecule has 5 heteroatoms. The molecule has 4 nitrogen and oxygen atoms in total. The summed E-state index contributed by atoms with van der Waals surface area (Å²) < 4.78 is 0. The summed E-state index contributed by atoms with van der Waals surface area (Å²) in [6.45, 7) is 3.56. The number of hydrogen-bond donors (Lipinski definition) is 2. The molecule has 2 aliphatic rings. The molecular weight excluding hydrogens is 274 g/mol. The number of nitrogens with one attached hydrogen (secondary N) is 2. The van der Waals surface area contributed by atoms with Crippen molar-refractivity contribution in [3.63, 3.8) is 0 Å². The van der Waals surface area contributed by atoms with Crippen molar-refractivity contribution in [2.24, 2.45) is 5.92 Å². The van der Waals surface area contributed by atoms with Crippen LogP contribution in [0.1, 0.15) is 12.8 Å². The van der Waals surface area contributed by atoms with E-state index in [2.05, 4.69) is 15.5 Å². The third-order valence-electron chi connectivity index (χ3n) is 4.29. The van der Waals surface area contributed by atoms with Crippen LogP contribution in [0.2, 0.25) is 5.02 Å². The number of fused-ring (bicyclic) bond motifs is 1. The molecule has 2 heterocycles. The van der Waals surface area contributed by atoms with Crippen LogP contribution < -0.4 is 10.6 Å². The molecule has 2 aliphatic heterocycles. The van der Waals surface area contributed by atoms with Crippen LogP contribution in [-0.2, 0) is 4.79 Å². The first-order chi connectivity index (χ1) is 9.74. The first-order valence-electron chi connectivity index (χ1n) is 7.23. The summed E-state index contributed by atoms with van der Waals surface area (Å²) in [4.78, 5) is 14.5. The Kier molecular flexibility index (Phi) is 4.24. The Hall–Kier alpha value is -1.10. The number of anilines is 1. The van der Waals surface area contributed by atoms with Crippen LogP contribution in [-0.4, -0.2) is 43.0 Å². The first kappa shape index (κ1) is 13.9. The van der Waals surface area contributed by atoms with Gasteiger partial charge in [-0.2, -0.15) is 0 Å². The molecule has 20 heavy (non-hydrogen) atoms. The molecule has 0 aliphatic carbocycles. The highest BCUT2D eigenvalue weighted by atomic mass is 35.5. The van der Waals surface area contributed by atoms with Crippen LogP contribution in [0.25, 0.3) is 0 Å². The number of para-hydroxylation sites is 1. The standard InChI is InChI=1S/C15H20ClN3O/c16-12-5-1-2-6-13(12)18-15(20)10-19-7-3-4-11-8-17-9-14(11)19/h1-2,5-6,11,14,17H,3-4,7-10H2,(H,18,20). The maximum absolute atomic E-state index is 12.2. The van der Waals surface area contributed by atoms with Gasteiger partial charge in [0.2, 0.25) is 5.91 Å². The van der Waals surface area contributed by atoms with Crippen molar-refractivity contribution in [1.82, 2.24) is 10.2 Å². The van der Waals surface area contributed by atoms with E-state index in [9.17, 15) is 4.79 Å². The minimum Gasteiger partial charge on any atom is -0.324 e. The average molecular weight is 294 g/mol. The summed E-state index contributed by atoms with van der Waals surface area (Å²) in [6, 6.07) is 7.86. The predicted octanol–water partition coefficient (Wildman–Crippen LogP) is 1.96.